The summed E-state index contributed by atoms with van der Waals surface area (Å²) in [5.74, 6) is -1.33. The molecule has 0 saturated heterocycles. The van der Waals surface area contributed by atoms with Gasteiger partial charge in [0.2, 0.25) is 0 Å². The number of carbonyl (C=O) groups excluding carboxylic acids is 3. The minimum atomic E-state index is -0.919. The monoisotopic (exact) mass is 534 g/mol. The molecule has 38 heavy (non-hydrogen) atoms. The van der Waals surface area contributed by atoms with Crippen molar-refractivity contribution in [2.45, 2.75) is 40.2 Å². The van der Waals surface area contributed by atoms with Crippen molar-refractivity contribution in [2.75, 3.05) is 11.9 Å². The van der Waals surface area contributed by atoms with E-state index in [0.717, 1.165) is 16.7 Å². The van der Waals surface area contributed by atoms with Crippen molar-refractivity contribution in [3.63, 3.8) is 0 Å². The summed E-state index contributed by atoms with van der Waals surface area (Å²) < 4.78 is 5.65. The molecule has 0 heterocycles. The van der Waals surface area contributed by atoms with Gasteiger partial charge in [-0.2, -0.15) is 5.10 Å². The van der Waals surface area contributed by atoms with Gasteiger partial charge in [-0.3, -0.25) is 14.4 Å². The van der Waals surface area contributed by atoms with E-state index in [4.69, 9.17) is 16.3 Å². The number of aryl methyl sites for hydroxylation is 2. The number of hydrazone groups is 1. The molecule has 8 nitrogen and oxygen atoms in total. The van der Waals surface area contributed by atoms with E-state index in [0.29, 0.717) is 27.9 Å². The Kier molecular flexibility index (Phi) is 10.0. The molecular formula is C29H31ClN4O4. The molecule has 0 spiro atoms. The lowest BCUT2D eigenvalue weighted by Crippen LogP contribution is -2.37. The number of anilines is 1. The highest BCUT2D eigenvalue weighted by Crippen LogP contribution is 2.22. The second kappa shape index (κ2) is 13.4. The number of hydrogen-bond donors (Lipinski definition) is 3. The van der Waals surface area contributed by atoms with Gasteiger partial charge >= 0.3 is 11.8 Å². The van der Waals surface area contributed by atoms with Crippen LogP contribution in [-0.4, -0.2) is 30.5 Å². The zero-order chi connectivity index (χ0) is 27.7. The predicted octanol–water partition coefficient (Wildman–Crippen LogP) is 4.86. The lowest BCUT2D eigenvalue weighted by atomic mass is 10.0. The zero-order valence-electron chi connectivity index (χ0n) is 21.8. The van der Waals surface area contributed by atoms with Gasteiger partial charge in [-0.15, -0.1) is 0 Å². The van der Waals surface area contributed by atoms with E-state index in [9.17, 15) is 14.4 Å². The molecule has 3 amide bonds. The normalized spacial score (nSPS) is 10.9. The van der Waals surface area contributed by atoms with Crippen LogP contribution in [0.5, 0.6) is 5.75 Å². The second-order valence-electron chi connectivity index (χ2n) is 9.12. The van der Waals surface area contributed by atoms with E-state index in [1.165, 1.54) is 11.8 Å². The number of halogens is 1. The third-order valence-electron chi connectivity index (χ3n) is 5.66. The van der Waals surface area contributed by atoms with E-state index in [1.54, 1.807) is 18.2 Å². The second-order valence-corrected chi connectivity index (χ2v) is 9.55. The van der Waals surface area contributed by atoms with Gasteiger partial charge in [0.25, 0.3) is 5.91 Å². The zero-order valence-corrected chi connectivity index (χ0v) is 22.6. The number of nitrogens with one attached hydrogen (secondary N) is 3. The quantitative estimate of drug-likeness (QED) is 0.207. The van der Waals surface area contributed by atoms with Crippen molar-refractivity contribution in [2.24, 2.45) is 5.10 Å². The molecule has 3 N–H and O–H groups in total. The Morgan fingerprint density at radius 1 is 0.974 bits per heavy atom. The summed E-state index contributed by atoms with van der Waals surface area (Å²) in [6, 6.07) is 18.3. The van der Waals surface area contributed by atoms with Crippen LogP contribution in [0.25, 0.3) is 0 Å². The first-order valence-corrected chi connectivity index (χ1v) is 12.5. The Bertz CT molecular complexity index is 1340. The molecule has 3 aromatic carbocycles. The Balaban J connectivity index is 1.53. The molecule has 0 aliphatic carbocycles. The van der Waals surface area contributed by atoms with Gasteiger partial charge in [0, 0.05) is 22.8 Å². The number of amides is 3. The van der Waals surface area contributed by atoms with Crippen molar-refractivity contribution < 1.29 is 19.1 Å². The molecule has 9 heteroatoms. The van der Waals surface area contributed by atoms with Crippen LogP contribution in [0.15, 0.2) is 65.8 Å². The molecule has 0 aliphatic rings. The van der Waals surface area contributed by atoms with E-state index in [1.807, 2.05) is 56.3 Å². The van der Waals surface area contributed by atoms with Crippen molar-refractivity contribution in [1.29, 1.82) is 0 Å². The standard InChI is InChI=1S/C29H31ClN4O4/c1-18(2)22-8-6-21(7-9-22)15-31-28(36)29(37)34-32-16-23-14-24(30)10-12-26(23)38-17-27(35)33-25-11-5-19(3)13-20(25)4/h5-14,16,18H,15,17H2,1-4H3,(H,31,36)(H,33,35)(H,34,37)/b32-16-. The number of carbonyl (C=O) groups is 3. The van der Waals surface area contributed by atoms with Gasteiger partial charge in [0.1, 0.15) is 5.75 Å². The van der Waals surface area contributed by atoms with E-state index in [2.05, 4.69) is 35.0 Å². The van der Waals surface area contributed by atoms with E-state index >= 15 is 0 Å². The first-order valence-electron chi connectivity index (χ1n) is 12.1. The molecule has 0 aromatic heterocycles. The van der Waals surface area contributed by atoms with Crippen molar-refractivity contribution in [1.82, 2.24) is 10.7 Å². The molecule has 0 radical (unpaired) electrons. The van der Waals surface area contributed by atoms with Crippen LogP contribution in [0.2, 0.25) is 5.02 Å². The van der Waals surface area contributed by atoms with Crippen LogP contribution in [0.3, 0.4) is 0 Å². The molecule has 0 bridgehead atoms. The van der Waals surface area contributed by atoms with Crippen LogP contribution >= 0.6 is 11.6 Å². The van der Waals surface area contributed by atoms with Crippen LogP contribution < -0.4 is 20.8 Å². The topological polar surface area (TPSA) is 109 Å². The Morgan fingerprint density at radius 2 is 1.71 bits per heavy atom. The fraction of sp³-hybridized carbons (Fsp3) is 0.241. The van der Waals surface area contributed by atoms with Gasteiger partial charge < -0.3 is 15.4 Å². The fourth-order valence-corrected chi connectivity index (χ4v) is 3.71. The maximum atomic E-state index is 12.4. The number of rotatable bonds is 9. The van der Waals surface area contributed by atoms with Gasteiger partial charge in [-0.1, -0.05) is 67.4 Å². The number of ether oxygens (including phenoxy) is 1. The summed E-state index contributed by atoms with van der Waals surface area (Å²) in [6.45, 7) is 8.06. The van der Waals surface area contributed by atoms with Gasteiger partial charge in [0.15, 0.2) is 6.61 Å². The van der Waals surface area contributed by atoms with Crippen LogP contribution in [0, 0.1) is 13.8 Å². The summed E-state index contributed by atoms with van der Waals surface area (Å²) in [7, 11) is 0. The summed E-state index contributed by atoms with van der Waals surface area (Å²) in [4.78, 5) is 36.7. The highest BCUT2D eigenvalue weighted by atomic mass is 35.5. The summed E-state index contributed by atoms with van der Waals surface area (Å²) in [5.41, 5.74) is 7.43. The van der Waals surface area contributed by atoms with Gasteiger partial charge in [0.05, 0.1) is 6.21 Å². The Labute approximate surface area is 227 Å². The van der Waals surface area contributed by atoms with Crippen molar-refractivity contribution in [3.8, 4) is 5.75 Å². The first kappa shape index (κ1) is 28.4. The molecule has 3 aromatic rings. The maximum Gasteiger partial charge on any atom is 0.329 e. The number of benzene rings is 3. The first-order chi connectivity index (χ1) is 18.1. The third-order valence-corrected chi connectivity index (χ3v) is 5.90. The van der Waals surface area contributed by atoms with Crippen molar-refractivity contribution in [3.05, 3.63) is 93.5 Å². The molecule has 0 saturated carbocycles. The van der Waals surface area contributed by atoms with Crippen LogP contribution in [0.1, 0.15) is 47.6 Å². The molecule has 3 rings (SSSR count). The minimum Gasteiger partial charge on any atom is -0.483 e. The number of hydrogen-bond acceptors (Lipinski definition) is 5. The smallest absolute Gasteiger partial charge is 0.329 e. The molecular weight excluding hydrogens is 504 g/mol. The van der Waals surface area contributed by atoms with Crippen LogP contribution in [-0.2, 0) is 20.9 Å². The minimum absolute atomic E-state index is 0.213. The lowest BCUT2D eigenvalue weighted by Gasteiger charge is -2.12. The molecule has 0 unspecified atom stereocenters. The fourth-order valence-electron chi connectivity index (χ4n) is 3.53. The molecule has 0 aliphatic heterocycles. The molecule has 0 fully saturated rings. The van der Waals surface area contributed by atoms with Crippen molar-refractivity contribution >= 4 is 41.2 Å². The average molecular weight is 535 g/mol. The van der Waals surface area contributed by atoms with Gasteiger partial charge in [-0.05, 0) is 60.7 Å². The van der Waals surface area contributed by atoms with E-state index < -0.39 is 11.8 Å². The Hall–Kier alpha value is -4.17. The average Bonchev–Trinajstić information content (AvgIpc) is 2.88. The highest BCUT2D eigenvalue weighted by Gasteiger charge is 2.13. The summed E-state index contributed by atoms with van der Waals surface area (Å²) in [6.07, 6.45) is 1.29. The Morgan fingerprint density at radius 3 is 2.39 bits per heavy atom. The summed E-state index contributed by atoms with van der Waals surface area (Å²) >= 11 is 6.09. The third kappa shape index (κ3) is 8.45. The lowest BCUT2D eigenvalue weighted by molar-refractivity contribution is -0.139. The largest absolute Gasteiger partial charge is 0.483 e. The van der Waals surface area contributed by atoms with E-state index in [-0.39, 0.29) is 19.1 Å². The van der Waals surface area contributed by atoms with Gasteiger partial charge in [-0.25, -0.2) is 5.43 Å². The SMILES string of the molecule is Cc1ccc(NC(=O)COc2ccc(Cl)cc2/C=N\NC(=O)C(=O)NCc2ccc(C(C)C)cc2)c(C)c1. The highest BCUT2D eigenvalue weighted by molar-refractivity contribution is 6.35. The molecule has 0 atom stereocenters. The molecule has 198 valence electrons. The maximum absolute atomic E-state index is 12.4. The van der Waals surface area contributed by atoms with Crippen LogP contribution in [0.4, 0.5) is 5.69 Å². The number of nitrogens with zero attached hydrogens (tertiary/aromatic N) is 1. The summed E-state index contributed by atoms with van der Waals surface area (Å²) in [5, 5.41) is 9.63. The predicted molar refractivity (Wildman–Crippen MR) is 150 cm³/mol.